The average molecular weight is 261 g/mol. The molecule has 20 heavy (non-hydrogen) atoms. The Labute approximate surface area is 116 Å². The molecule has 0 aliphatic carbocycles. The lowest BCUT2D eigenvalue weighted by Gasteiger charge is -2.18. The first-order chi connectivity index (χ1) is 9.78. The number of carbonyl (C=O) groups is 1. The van der Waals surface area contributed by atoms with Gasteiger partial charge in [-0.15, -0.1) is 0 Å². The van der Waals surface area contributed by atoms with Gasteiger partial charge < -0.3 is 4.74 Å². The molecule has 1 aliphatic rings. The van der Waals surface area contributed by atoms with Crippen LogP contribution in [0.1, 0.15) is 21.5 Å². The van der Waals surface area contributed by atoms with E-state index in [1.165, 1.54) is 0 Å². The molecule has 0 aromatic heterocycles. The monoisotopic (exact) mass is 261 g/mol. The number of carbonyl (C=O) groups excluding carboxylic acids is 1. The summed E-state index contributed by atoms with van der Waals surface area (Å²) in [6.45, 7) is 0.274. The zero-order valence-electron chi connectivity index (χ0n) is 10.7. The van der Waals surface area contributed by atoms with E-state index in [2.05, 4.69) is 6.07 Å². The van der Waals surface area contributed by atoms with E-state index in [0.29, 0.717) is 22.4 Å². The maximum absolute atomic E-state index is 12.3. The molecule has 1 aliphatic heterocycles. The van der Waals surface area contributed by atoms with E-state index >= 15 is 0 Å². The van der Waals surface area contributed by atoms with Crippen LogP contribution in [0.5, 0.6) is 5.75 Å². The second kappa shape index (κ2) is 5.02. The molecule has 1 heterocycles. The van der Waals surface area contributed by atoms with E-state index in [1.54, 1.807) is 30.3 Å². The minimum atomic E-state index is -0.00351. The van der Waals surface area contributed by atoms with Crippen molar-refractivity contribution in [2.24, 2.45) is 0 Å². The van der Waals surface area contributed by atoms with Gasteiger partial charge in [0.2, 0.25) is 0 Å². The van der Waals surface area contributed by atoms with Gasteiger partial charge in [-0.3, -0.25) is 4.79 Å². The highest BCUT2D eigenvalue weighted by molar-refractivity contribution is 6.14. The molecule has 0 fully saturated rings. The summed E-state index contributed by atoms with van der Waals surface area (Å²) in [6, 6.07) is 16.4. The highest BCUT2D eigenvalue weighted by atomic mass is 16.5. The Morgan fingerprint density at radius 1 is 1.10 bits per heavy atom. The van der Waals surface area contributed by atoms with E-state index in [9.17, 15) is 4.79 Å². The number of benzene rings is 2. The average Bonchev–Trinajstić information content (AvgIpc) is 2.51. The maximum atomic E-state index is 12.3. The molecule has 3 rings (SSSR count). The number of nitriles is 1. The third-order valence-corrected chi connectivity index (χ3v) is 3.19. The highest BCUT2D eigenvalue weighted by Gasteiger charge is 2.22. The lowest BCUT2D eigenvalue weighted by molar-refractivity contribution is 0.100. The molecule has 0 N–H and O–H groups in total. The van der Waals surface area contributed by atoms with Gasteiger partial charge in [-0.1, -0.05) is 24.3 Å². The van der Waals surface area contributed by atoms with Gasteiger partial charge in [0.05, 0.1) is 17.2 Å². The van der Waals surface area contributed by atoms with Crippen LogP contribution < -0.4 is 4.74 Å². The topological polar surface area (TPSA) is 50.1 Å². The zero-order chi connectivity index (χ0) is 13.9. The van der Waals surface area contributed by atoms with Gasteiger partial charge in [-0.05, 0) is 35.9 Å². The Morgan fingerprint density at radius 3 is 2.60 bits per heavy atom. The van der Waals surface area contributed by atoms with Crippen molar-refractivity contribution >= 4 is 11.9 Å². The summed E-state index contributed by atoms with van der Waals surface area (Å²) in [7, 11) is 0. The molecule has 0 unspecified atom stereocenters. The van der Waals surface area contributed by atoms with Crippen LogP contribution in [0.3, 0.4) is 0 Å². The largest absolute Gasteiger partial charge is 0.488 e. The second-order valence-corrected chi connectivity index (χ2v) is 4.52. The fraction of sp³-hybridized carbons (Fsp3) is 0.0588. The molecule has 0 radical (unpaired) electrons. The summed E-state index contributed by atoms with van der Waals surface area (Å²) in [5.74, 6) is 0.630. The van der Waals surface area contributed by atoms with Crippen LogP contribution in [0.4, 0.5) is 0 Å². The highest BCUT2D eigenvalue weighted by Crippen LogP contribution is 2.27. The minimum absolute atomic E-state index is 0.00351. The van der Waals surface area contributed by atoms with Gasteiger partial charge in [-0.2, -0.15) is 5.26 Å². The summed E-state index contributed by atoms with van der Waals surface area (Å²) in [5, 5.41) is 8.76. The Hall–Kier alpha value is -2.86. The molecule has 0 spiro atoms. The summed E-state index contributed by atoms with van der Waals surface area (Å²) in [5.41, 5.74) is 2.70. The van der Waals surface area contributed by atoms with Gasteiger partial charge in [0.25, 0.3) is 0 Å². The van der Waals surface area contributed by atoms with Crippen molar-refractivity contribution in [2.75, 3.05) is 6.61 Å². The van der Waals surface area contributed by atoms with E-state index in [4.69, 9.17) is 10.00 Å². The van der Waals surface area contributed by atoms with Crippen LogP contribution in [0.15, 0.2) is 54.1 Å². The van der Waals surface area contributed by atoms with Crippen LogP contribution in [0.2, 0.25) is 0 Å². The zero-order valence-corrected chi connectivity index (χ0v) is 10.7. The molecule has 0 amide bonds. The summed E-state index contributed by atoms with van der Waals surface area (Å²) in [6.07, 6.45) is 1.80. The first kappa shape index (κ1) is 12.2. The second-order valence-electron chi connectivity index (χ2n) is 4.52. The number of fused-ring (bicyclic) bond motifs is 1. The van der Waals surface area contributed by atoms with Crippen LogP contribution >= 0.6 is 0 Å². The minimum Gasteiger partial charge on any atom is -0.488 e. The number of rotatable bonds is 1. The predicted octanol–water partition coefficient (Wildman–Crippen LogP) is 3.22. The van der Waals surface area contributed by atoms with E-state index < -0.39 is 0 Å². The first-order valence-electron chi connectivity index (χ1n) is 6.25. The van der Waals surface area contributed by atoms with Crippen LogP contribution in [-0.2, 0) is 0 Å². The molecular formula is C17H11NO2. The number of ether oxygens (including phenoxy) is 1. The molecule has 3 heteroatoms. The number of hydrogen-bond donors (Lipinski definition) is 0. The fourth-order valence-electron chi connectivity index (χ4n) is 2.14. The van der Waals surface area contributed by atoms with Crippen molar-refractivity contribution in [3.05, 3.63) is 70.8 Å². The van der Waals surface area contributed by atoms with Crippen LogP contribution in [0, 0.1) is 11.3 Å². The van der Waals surface area contributed by atoms with E-state index in [-0.39, 0.29) is 12.4 Å². The number of para-hydroxylation sites is 1. The Bertz CT molecular complexity index is 736. The standard InChI is InChI=1S/C17H11NO2/c18-10-13-7-5-12(6-8-13)9-14-11-20-16-4-2-1-3-15(16)17(14)19/h1-9H,11H2. The fourth-order valence-corrected chi connectivity index (χ4v) is 2.14. The van der Waals surface area contributed by atoms with Gasteiger partial charge in [-0.25, -0.2) is 0 Å². The van der Waals surface area contributed by atoms with E-state index in [0.717, 1.165) is 5.56 Å². The number of ketones is 1. The van der Waals surface area contributed by atoms with Gasteiger partial charge in [0, 0.05) is 5.57 Å². The summed E-state index contributed by atoms with van der Waals surface area (Å²) in [4.78, 5) is 12.3. The predicted molar refractivity (Wildman–Crippen MR) is 75.4 cm³/mol. The number of Topliss-reactive ketones (excluding diaryl/α,β-unsaturated/α-hetero) is 1. The molecule has 2 aromatic rings. The third-order valence-electron chi connectivity index (χ3n) is 3.19. The lowest BCUT2D eigenvalue weighted by Crippen LogP contribution is -2.18. The number of hydrogen-bond acceptors (Lipinski definition) is 3. The Morgan fingerprint density at radius 2 is 1.85 bits per heavy atom. The molecular weight excluding hydrogens is 250 g/mol. The van der Waals surface area contributed by atoms with Gasteiger partial charge in [0.1, 0.15) is 12.4 Å². The molecule has 0 saturated carbocycles. The third kappa shape index (κ3) is 2.19. The summed E-state index contributed by atoms with van der Waals surface area (Å²) < 4.78 is 5.58. The summed E-state index contributed by atoms with van der Waals surface area (Å²) >= 11 is 0. The molecule has 0 atom stereocenters. The molecule has 0 bridgehead atoms. The molecule has 2 aromatic carbocycles. The molecule has 3 nitrogen and oxygen atoms in total. The SMILES string of the molecule is N#Cc1ccc(C=C2COc3ccccc3C2=O)cc1. The quantitative estimate of drug-likeness (QED) is 0.740. The van der Waals surface area contributed by atoms with E-state index in [1.807, 2.05) is 24.3 Å². The normalized spacial score (nSPS) is 15.3. The van der Waals surface area contributed by atoms with Crippen molar-refractivity contribution in [2.45, 2.75) is 0 Å². The van der Waals surface area contributed by atoms with Crippen molar-refractivity contribution in [3.8, 4) is 11.8 Å². The molecule has 96 valence electrons. The molecule has 0 saturated heterocycles. The van der Waals surface area contributed by atoms with Gasteiger partial charge >= 0.3 is 0 Å². The van der Waals surface area contributed by atoms with Crippen LogP contribution in [-0.4, -0.2) is 12.4 Å². The maximum Gasteiger partial charge on any atom is 0.196 e. The smallest absolute Gasteiger partial charge is 0.196 e. The van der Waals surface area contributed by atoms with Crippen molar-refractivity contribution < 1.29 is 9.53 Å². The first-order valence-corrected chi connectivity index (χ1v) is 6.25. The lowest BCUT2D eigenvalue weighted by atomic mass is 9.98. The Balaban J connectivity index is 1.94. The van der Waals surface area contributed by atoms with Crippen molar-refractivity contribution in [3.63, 3.8) is 0 Å². The Kier molecular flexibility index (Phi) is 3.06. The van der Waals surface area contributed by atoms with Crippen LogP contribution in [0.25, 0.3) is 6.08 Å². The van der Waals surface area contributed by atoms with Crippen molar-refractivity contribution in [1.29, 1.82) is 5.26 Å². The van der Waals surface area contributed by atoms with Gasteiger partial charge in [0.15, 0.2) is 5.78 Å². The van der Waals surface area contributed by atoms with Crippen molar-refractivity contribution in [1.82, 2.24) is 0 Å². The number of nitrogens with zero attached hydrogens (tertiary/aromatic N) is 1.